The first kappa shape index (κ1) is 8.78. The second-order valence-electron chi connectivity index (χ2n) is 1.47. The zero-order valence-electron chi connectivity index (χ0n) is 4.73. The van der Waals surface area contributed by atoms with Crippen LogP contribution >= 0.6 is 0 Å². The molecule has 1 radical (unpaired) electrons. The molecule has 0 bridgehead atoms. The molecule has 3 nitrogen and oxygen atoms in total. The van der Waals surface area contributed by atoms with Gasteiger partial charge in [-0.1, -0.05) is 0 Å². The molecule has 1 N–H and O–H groups in total. The van der Waals surface area contributed by atoms with Gasteiger partial charge in [0.25, 0.3) is 0 Å². The van der Waals surface area contributed by atoms with Gasteiger partial charge in [0.15, 0.2) is 0 Å². The predicted octanol–water partition coefficient (Wildman–Crippen LogP) is -0.958. The quantitative estimate of drug-likeness (QED) is 0.346. The number of hydrogen-bond acceptors (Lipinski definition) is 2. The van der Waals surface area contributed by atoms with Crippen LogP contribution in [-0.4, -0.2) is 63.2 Å². The van der Waals surface area contributed by atoms with Gasteiger partial charge >= 0.3 is 0 Å². The van der Waals surface area contributed by atoms with Crippen molar-refractivity contribution in [2.45, 2.75) is 12.8 Å². The van der Waals surface area contributed by atoms with Crippen LogP contribution in [0.3, 0.4) is 0 Å². The number of nitrogens with one attached hydrogen (secondary N) is 1. The van der Waals surface area contributed by atoms with Crippen molar-refractivity contribution >= 4 is 63.2 Å². The van der Waals surface area contributed by atoms with Crippen LogP contribution in [0.4, 0.5) is 0 Å². The molecule has 0 spiro atoms. The maximum Gasteiger partial charge on any atom is 0.227 e. The van der Waals surface area contributed by atoms with E-state index in [1.165, 1.54) is 0 Å². The van der Waals surface area contributed by atoms with Crippen LogP contribution in [0, 0.1) is 0 Å². The number of carbonyl (C=O) groups excluding carboxylic acids is 2. The van der Waals surface area contributed by atoms with E-state index in [4.69, 9.17) is 0 Å². The minimum Gasteiger partial charge on any atom is -0.296 e. The largest absolute Gasteiger partial charge is 0.296 e. The van der Waals surface area contributed by atoms with E-state index in [9.17, 15) is 9.59 Å². The first-order chi connectivity index (χ1) is 3.29. The molecule has 0 unspecified atom stereocenters. The maximum absolute atomic E-state index is 10.1. The fraction of sp³-hybridized carbons (Fsp3) is 0.500. The SMILES string of the molecule is O=C1CCC(=O)N1.[K]. The summed E-state index contributed by atoms with van der Waals surface area (Å²) in [5, 5.41) is 2.14. The Morgan fingerprint density at radius 2 is 1.50 bits per heavy atom. The second-order valence-corrected chi connectivity index (χ2v) is 1.47. The fourth-order valence-electron chi connectivity index (χ4n) is 0.508. The molecule has 1 saturated heterocycles. The van der Waals surface area contributed by atoms with Crippen LogP contribution < -0.4 is 5.32 Å². The molecule has 0 atom stereocenters. The van der Waals surface area contributed by atoms with Gasteiger partial charge in [0.05, 0.1) is 0 Å². The minimum atomic E-state index is -0.148. The molecule has 1 rings (SSSR count). The molecule has 0 aromatic carbocycles. The summed E-state index contributed by atoms with van der Waals surface area (Å²) >= 11 is 0. The predicted molar refractivity (Wildman–Crippen MR) is 28.1 cm³/mol. The van der Waals surface area contributed by atoms with Crippen molar-refractivity contribution in [3.63, 3.8) is 0 Å². The van der Waals surface area contributed by atoms with Crippen molar-refractivity contribution in [2.24, 2.45) is 0 Å². The van der Waals surface area contributed by atoms with E-state index >= 15 is 0 Å². The van der Waals surface area contributed by atoms with Gasteiger partial charge in [-0.3, -0.25) is 14.9 Å². The Balaban J connectivity index is 0.000000490. The molecule has 2 amide bonds. The monoisotopic (exact) mass is 138 g/mol. The molecule has 0 aromatic rings. The van der Waals surface area contributed by atoms with E-state index in [0.717, 1.165) is 0 Å². The zero-order valence-corrected chi connectivity index (χ0v) is 7.85. The Morgan fingerprint density at radius 1 is 1.12 bits per heavy atom. The van der Waals surface area contributed by atoms with E-state index in [1.54, 1.807) is 0 Å². The summed E-state index contributed by atoms with van der Waals surface area (Å²) in [5.41, 5.74) is 0. The first-order valence-electron chi connectivity index (χ1n) is 2.12. The second kappa shape index (κ2) is 3.74. The summed E-state index contributed by atoms with van der Waals surface area (Å²) in [5.74, 6) is -0.296. The van der Waals surface area contributed by atoms with Crippen molar-refractivity contribution in [3.05, 3.63) is 0 Å². The van der Waals surface area contributed by atoms with Crippen LogP contribution in [0.25, 0.3) is 0 Å². The van der Waals surface area contributed by atoms with Crippen LogP contribution in [0.2, 0.25) is 0 Å². The molecule has 8 heavy (non-hydrogen) atoms. The average molecular weight is 138 g/mol. The summed E-state index contributed by atoms with van der Waals surface area (Å²) in [4.78, 5) is 20.2. The van der Waals surface area contributed by atoms with Crippen molar-refractivity contribution in [1.82, 2.24) is 5.32 Å². The molecule has 1 fully saturated rings. The third-order valence-electron chi connectivity index (χ3n) is 0.858. The van der Waals surface area contributed by atoms with E-state index in [0.29, 0.717) is 12.8 Å². The van der Waals surface area contributed by atoms with Crippen LogP contribution in [0.15, 0.2) is 0 Å². The summed E-state index contributed by atoms with van der Waals surface area (Å²) in [6.45, 7) is 0. The van der Waals surface area contributed by atoms with Gasteiger partial charge in [-0.2, -0.15) is 0 Å². The van der Waals surface area contributed by atoms with Crippen LogP contribution in [0.5, 0.6) is 0 Å². The molecule has 4 heteroatoms. The molecule has 0 aliphatic carbocycles. The average Bonchev–Trinajstić information content (AvgIpc) is 1.87. The molecule has 1 aliphatic heterocycles. The fourth-order valence-corrected chi connectivity index (χ4v) is 0.508. The summed E-state index contributed by atoms with van der Waals surface area (Å²) in [6.07, 6.45) is 0.748. The number of imide groups is 1. The first-order valence-corrected chi connectivity index (χ1v) is 2.12. The minimum absolute atomic E-state index is 0. The normalized spacial score (nSPS) is 17.5. The third kappa shape index (κ3) is 2.37. The third-order valence-corrected chi connectivity index (χ3v) is 0.858. The molecule has 39 valence electrons. The van der Waals surface area contributed by atoms with E-state index in [2.05, 4.69) is 5.32 Å². The molecule has 1 heterocycles. The van der Waals surface area contributed by atoms with Crippen LogP contribution in [0.1, 0.15) is 12.8 Å². The summed E-state index contributed by atoms with van der Waals surface area (Å²) in [6, 6.07) is 0. The standard InChI is InChI=1S/C4H5NO2.K/c6-3-1-2-4(7)5-3;/h1-2H2,(H,5,6,7);. The zero-order chi connectivity index (χ0) is 5.28. The Labute approximate surface area is 89.6 Å². The van der Waals surface area contributed by atoms with E-state index in [-0.39, 0.29) is 63.2 Å². The Morgan fingerprint density at radius 3 is 1.62 bits per heavy atom. The van der Waals surface area contributed by atoms with Crippen molar-refractivity contribution in [1.29, 1.82) is 0 Å². The van der Waals surface area contributed by atoms with Gasteiger partial charge in [-0.05, 0) is 0 Å². The molecule has 0 aromatic heterocycles. The van der Waals surface area contributed by atoms with Crippen molar-refractivity contribution in [2.75, 3.05) is 0 Å². The maximum atomic E-state index is 10.1. The van der Waals surface area contributed by atoms with Crippen LogP contribution in [-0.2, 0) is 9.59 Å². The molecule has 1 aliphatic rings. The van der Waals surface area contributed by atoms with Crippen molar-refractivity contribution in [3.8, 4) is 0 Å². The van der Waals surface area contributed by atoms with Crippen molar-refractivity contribution < 1.29 is 9.59 Å². The Hall–Kier alpha value is 0.776. The van der Waals surface area contributed by atoms with E-state index in [1.807, 2.05) is 0 Å². The number of hydrogen-bond donors (Lipinski definition) is 1. The van der Waals surface area contributed by atoms with Gasteiger partial charge < -0.3 is 0 Å². The molecular formula is C4H5KNO2. The Bertz CT molecular complexity index is 109. The molecule has 0 saturated carbocycles. The number of amides is 2. The summed E-state index contributed by atoms with van der Waals surface area (Å²) < 4.78 is 0. The number of carbonyl (C=O) groups is 2. The van der Waals surface area contributed by atoms with E-state index < -0.39 is 0 Å². The van der Waals surface area contributed by atoms with Gasteiger partial charge in [-0.15, -0.1) is 0 Å². The topological polar surface area (TPSA) is 46.2 Å². The van der Waals surface area contributed by atoms with Gasteiger partial charge in [-0.25, -0.2) is 0 Å². The number of rotatable bonds is 0. The Kier molecular flexibility index (Phi) is 4.10. The summed E-state index contributed by atoms with van der Waals surface area (Å²) in [7, 11) is 0. The van der Waals surface area contributed by atoms with Gasteiger partial charge in [0.1, 0.15) is 0 Å². The van der Waals surface area contributed by atoms with Gasteiger partial charge in [0.2, 0.25) is 11.8 Å². The molecular weight excluding hydrogens is 133 g/mol. The smallest absolute Gasteiger partial charge is 0.227 e. The van der Waals surface area contributed by atoms with Gasteiger partial charge in [0, 0.05) is 64.2 Å².